The van der Waals surface area contributed by atoms with Gasteiger partial charge in [0.15, 0.2) is 0 Å². The Hall–Kier alpha value is -1.35. The van der Waals surface area contributed by atoms with E-state index in [2.05, 4.69) is 19.2 Å². The van der Waals surface area contributed by atoms with Crippen LogP contribution in [0.1, 0.15) is 49.0 Å². The molecule has 1 aliphatic rings. The lowest BCUT2D eigenvalue weighted by molar-refractivity contribution is 0.0925. The van der Waals surface area contributed by atoms with Crippen LogP contribution in [0, 0.1) is 11.8 Å². The Morgan fingerprint density at radius 3 is 2.75 bits per heavy atom. The number of benzene rings is 1. The zero-order valence-corrected chi connectivity index (χ0v) is 12.6. The molecule has 0 bridgehead atoms. The van der Waals surface area contributed by atoms with Gasteiger partial charge in [0, 0.05) is 11.6 Å². The van der Waals surface area contributed by atoms with E-state index in [1.165, 1.54) is 12.8 Å². The first-order chi connectivity index (χ1) is 9.67. The fourth-order valence-corrected chi connectivity index (χ4v) is 3.39. The average molecular weight is 274 g/mol. The SMILES string of the molecule is CCC1CCC(NC(=O)c2ccccc2CCN)C1C. The van der Waals surface area contributed by atoms with Gasteiger partial charge in [-0.05, 0) is 49.3 Å². The molecule has 3 unspecified atom stereocenters. The maximum Gasteiger partial charge on any atom is 0.251 e. The van der Waals surface area contributed by atoms with Crippen molar-refractivity contribution in [2.45, 2.75) is 45.6 Å². The van der Waals surface area contributed by atoms with Crippen LogP contribution in [0.25, 0.3) is 0 Å². The van der Waals surface area contributed by atoms with Gasteiger partial charge in [-0.15, -0.1) is 0 Å². The Morgan fingerprint density at radius 1 is 1.35 bits per heavy atom. The molecule has 3 nitrogen and oxygen atoms in total. The minimum atomic E-state index is 0.0580. The zero-order chi connectivity index (χ0) is 14.5. The highest BCUT2D eigenvalue weighted by molar-refractivity contribution is 5.95. The lowest BCUT2D eigenvalue weighted by Gasteiger charge is -2.21. The number of nitrogens with one attached hydrogen (secondary N) is 1. The molecular weight excluding hydrogens is 248 g/mol. The summed E-state index contributed by atoms with van der Waals surface area (Å²) in [6.45, 7) is 5.07. The minimum Gasteiger partial charge on any atom is -0.349 e. The van der Waals surface area contributed by atoms with Crippen molar-refractivity contribution < 1.29 is 4.79 Å². The van der Waals surface area contributed by atoms with Crippen molar-refractivity contribution in [2.75, 3.05) is 6.54 Å². The highest BCUT2D eigenvalue weighted by Crippen LogP contribution is 2.34. The van der Waals surface area contributed by atoms with Crippen LogP contribution in [0.2, 0.25) is 0 Å². The molecule has 0 aromatic heterocycles. The van der Waals surface area contributed by atoms with Crippen LogP contribution < -0.4 is 11.1 Å². The van der Waals surface area contributed by atoms with E-state index in [0.717, 1.165) is 29.9 Å². The lowest BCUT2D eigenvalue weighted by Crippen LogP contribution is -2.38. The van der Waals surface area contributed by atoms with E-state index in [1.54, 1.807) is 0 Å². The number of amides is 1. The molecule has 0 radical (unpaired) electrons. The summed E-state index contributed by atoms with van der Waals surface area (Å²) in [6.07, 6.45) is 4.29. The summed E-state index contributed by atoms with van der Waals surface area (Å²) in [5, 5.41) is 3.23. The largest absolute Gasteiger partial charge is 0.349 e. The van der Waals surface area contributed by atoms with Crippen molar-refractivity contribution >= 4 is 5.91 Å². The van der Waals surface area contributed by atoms with Crippen LogP contribution in [0.3, 0.4) is 0 Å². The number of rotatable bonds is 5. The van der Waals surface area contributed by atoms with Crippen molar-refractivity contribution in [1.82, 2.24) is 5.32 Å². The minimum absolute atomic E-state index is 0.0580. The molecule has 0 heterocycles. The van der Waals surface area contributed by atoms with Gasteiger partial charge in [-0.2, -0.15) is 0 Å². The molecule has 0 aliphatic heterocycles. The van der Waals surface area contributed by atoms with Gasteiger partial charge in [0.25, 0.3) is 5.91 Å². The van der Waals surface area contributed by atoms with Gasteiger partial charge in [0.05, 0.1) is 0 Å². The third kappa shape index (κ3) is 3.21. The van der Waals surface area contributed by atoms with Crippen molar-refractivity contribution in [1.29, 1.82) is 0 Å². The predicted molar refractivity (Wildman–Crippen MR) is 82.6 cm³/mol. The molecule has 3 heteroatoms. The normalized spacial score (nSPS) is 25.6. The van der Waals surface area contributed by atoms with Crippen LogP contribution in [0.4, 0.5) is 0 Å². The summed E-state index contributed by atoms with van der Waals surface area (Å²) in [5.74, 6) is 1.38. The maximum absolute atomic E-state index is 12.5. The Balaban J connectivity index is 2.05. The summed E-state index contributed by atoms with van der Waals surface area (Å²) in [7, 11) is 0. The van der Waals surface area contributed by atoms with E-state index >= 15 is 0 Å². The molecule has 110 valence electrons. The van der Waals surface area contributed by atoms with Gasteiger partial charge in [0.2, 0.25) is 0 Å². The smallest absolute Gasteiger partial charge is 0.251 e. The van der Waals surface area contributed by atoms with E-state index in [0.29, 0.717) is 18.5 Å². The fourth-order valence-electron chi connectivity index (χ4n) is 3.39. The highest BCUT2D eigenvalue weighted by atomic mass is 16.1. The molecule has 3 atom stereocenters. The number of nitrogens with two attached hydrogens (primary N) is 1. The quantitative estimate of drug-likeness (QED) is 0.867. The van der Waals surface area contributed by atoms with Crippen molar-refractivity contribution in [3.8, 4) is 0 Å². The van der Waals surface area contributed by atoms with Gasteiger partial charge in [-0.1, -0.05) is 38.5 Å². The van der Waals surface area contributed by atoms with Gasteiger partial charge < -0.3 is 11.1 Å². The van der Waals surface area contributed by atoms with Crippen molar-refractivity contribution in [3.05, 3.63) is 35.4 Å². The topological polar surface area (TPSA) is 55.1 Å². The van der Waals surface area contributed by atoms with E-state index in [-0.39, 0.29) is 5.91 Å². The van der Waals surface area contributed by atoms with E-state index in [1.807, 2.05) is 24.3 Å². The molecule has 2 rings (SSSR count). The van der Waals surface area contributed by atoms with E-state index < -0.39 is 0 Å². The van der Waals surface area contributed by atoms with Crippen LogP contribution in [-0.4, -0.2) is 18.5 Å². The molecule has 1 aliphatic carbocycles. The van der Waals surface area contributed by atoms with E-state index in [9.17, 15) is 4.79 Å². The molecule has 1 saturated carbocycles. The highest BCUT2D eigenvalue weighted by Gasteiger charge is 2.32. The second-order valence-corrected chi connectivity index (χ2v) is 5.88. The predicted octanol–water partition coefficient (Wildman–Crippen LogP) is 2.74. The Bertz CT molecular complexity index is 458. The second-order valence-electron chi connectivity index (χ2n) is 5.88. The molecule has 1 amide bonds. The number of hydrogen-bond acceptors (Lipinski definition) is 2. The van der Waals surface area contributed by atoms with Crippen LogP contribution >= 0.6 is 0 Å². The Morgan fingerprint density at radius 2 is 2.10 bits per heavy atom. The first-order valence-electron chi connectivity index (χ1n) is 7.76. The summed E-state index contributed by atoms with van der Waals surface area (Å²) in [5.41, 5.74) is 7.45. The van der Waals surface area contributed by atoms with E-state index in [4.69, 9.17) is 5.73 Å². The van der Waals surface area contributed by atoms with Gasteiger partial charge in [-0.25, -0.2) is 0 Å². The van der Waals surface area contributed by atoms with Crippen molar-refractivity contribution in [3.63, 3.8) is 0 Å². The number of hydrogen-bond donors (Lipinski definition) is 2. The third-order valence-corrected chi connectivity index (χ3v) is 4.74. The lowest BCUT2D eigenvalue weighted by atomic mass is 9.93. The maximum atomic E-state index is 12.5. The molecule has 20 heavy (non-hydrogen) atoms. The third-order valence-electron chi connectivity index (χ3n) is 4.74. The monoisotopic (exact) mass is 274 g/mol. The average Bonchev–Trinajstić information content (AvgIpc) is 2.80. The first kappa shape index (κ1) is 15.0. The number of carbonyl (C=O) groups excluding carboxylic acids is 1. The molecule has 0 saturated heterocycles. The van der Waals surface area contributed by atoms with Crippen LogP contribution in [0.15, 0.2) is 24.3 Å². The summed E-state index contributed by atoms with van der Waals surface area (Å²) in [6, 6.07) is 8.10. The standard InChI is InChI=1S/C17H26N2O/c1-3-13-8-9-16(12(13)2)19-17(20)15-7-5-4-6-14(15)10-11-18/h4-7,12-13,16H,3,8-11,18H2,1-2H3,(H,19,20). The van der Waals surface area contributed by atoms with Gasteiger partial charge in [-0.3, -0.25) is 4.79 Å². The Kier molecular flexibility index (Phi) is 5.18. The molecule has 1 aromatic carbocycles. The summed E-state index contributed by atoms with van der Waals surface area (Å²) >= 11 is 0. The summed E-state index contributed by atoms with van der Waals surface area (Å²) < 4.78 is 0. The first-order valence-corrected chi connectivity index (χ1v) is 7.76. The molecule has 1 fully saturated rings. The molecule has 0 spiro atoms. The summed E-state index contributed by atoms with van der Waals surface area (Å²) in [4.78, 5) is 12.5. The van der Waals surface area contributed by atoms with Gasteiger partial charge >= 0.3 is 0 Å². The molecule has 1 aromatic rings. The second kappa shape index (κ2) is 6.89. The molecular formula is C17H26N2O. The Labute approximate surface area is 121 Å². The van der Waals surface area contributed by atoms with Gasteiger partial charge in [0.1, 0.15) is 0 Å². The van der Waals surface area contributed by atoms with Crippen LogP contribution in [-0.2, 0) is 6.42 Å². The molecule has 3 N–H and O–H groups in total. The van der Waals surface area contributed by atoms with Crippen molar-refractivity contribution in [2.24, 2.45) is 17.6 Å². The zero-order valence-electron chi connectivity index (χ0n) is 12.6. The fraction of sp³-hybridized carbons (Fsp3) is 0.588. The number of carbonyl (C=O) groups is 1. The van der Waals surface area contributed by atoms with Crippen LogP contribution in [0.5, 0.6) is 0 Å².